The largest absolute Gasteiger partial charge is 0.272 e. The van der Waals surface area contributed by atoms with Crippen LogP contribution < -0.4 is 0 Å². The van der Waals surface area contributed by atoms with E-state index in [9.17, 15) is 27.2 Å². The Morgan fingerprint density at radius 3 is 1.32 bits per heavy atom. The van der Waals surface area contributed by atoms with Crippen molar-refractivity contribution < 1.29 is 36.8 Å². The molecule has 6 nitrogen and oxygen atoms in total. The van der Waals surface area contributed by atoms with E-state index in [4.69, 9.17) is 9.68 Å². The zero-order valence-corrected chi connectivity index (χ0v) is 22.5. The molecule has 2 aromatic carbocycles. The molecule has 0 bridgehead atoms. The Kier molecular flexibility index (Phi) is 8.88. The summed E-state index contributed by atoms with van der Waals surface area (Å²) in [6.45, 7) is 11.3. The molecule has 2 atom stereocenters. The summed E-state index contributed by atoms with van der Waals surface area (Å²) in [5.74, 6) is -2.98. The number of benzene rings is 2. The van der Waals surface area contributed by atoms with E-state index < -0.39 is 46.2 Å². The van der Waals surface area contributed by atoms with Gasteiger partial charge in [-0.3, -0.25) is 19.3 Å². The third-order valence-corrected chi connectivity index (χ3v) is 6.14. The molecule has 0 unspecified atom stereocenters. The first kappa shape index (κ1) is 29.6. The number of nitrogens with zero attached hydrogens (tertiary/aromatic N) is 2. The fourth-order valence-electron chi connectivity index (χ4n) is 4.11. The van der Waals surface area contributed by atoms with Gasteiger partial charge in [0, 0.05) is 46.9 Å². The Balaban J connectivity index is 0.000000211. The number of halogens is 4. The van der Waals surface area contributed by atoms with Crippen LogP contribution >= 0.6 is 0 Å². The standard InChI is InChI=1S/2C14H17F2NO2/c2*1-14(2,3)13(18)17-12(6-7-19-17)10-5-4-9(15)8-11(10)16/h2*4-5,8,12H,6-7H2,1-3H3/t2*12-/m10/s1. The van der Waals surface area contributed by atoms with Crippen molar-refractivity contribution in [1.29, 1.82) is 0 Å². The van der Waals surface area contributed by atoms with Crippen LogP contribution in [0.25, 0.3) is 0 Å². The molecule has 2 aliphatic heterocycles. The third-order valence-electron chi connectivity index (χ3n) is 6.14. The molecule has 0 saturated carbocycles. The Morgan fingerprint density at radius 2 is 1.03 bits per heavy atom. The van der Waals surface area contributed by atoms with Crippen LogP contribution in [0, 0.1) is 34.1 Å². The van der Waals surface area contributed by atoms with Gasteiger partial charge in [-0.2, -0.15) is 0 Å². The number of amides is 2. The van der Waals surface area contributed by atoms with Crippen molar-refractivity contribution in [3.8, 4) is 0 Å². The first-order valence-electron chi connectivity index (χ1n) is 12.4. The zero-order chi connectivity index (χ0) is 28.4. The highest BCUT2D eigenvalue weighted by atomic mass is 19.1. The minimum atomic E-state index is -0.651. The molecular formula is C28H34F4N2O4. The Morgan fingerprint density at radius 1 is 0.684 bits per heavy atom. The molecule has 2 amide bonds. The van der Waals surface area contributed by atoms with Gasteiger partial charge in [0.25, 0.3) is 11.8 Å². The summed E-state index contributed by atoms with van der Waals surface area (Å²) in [5.41, 5.74) is -0.647. The summed E-state index contributed by atoms with van der Waals surface area (Å²) < 4.78 is 53.5. The first-order valence-corrected chi connectivity index (χ1v) is 12.4. The number of hydrogen-bond acceptors (Lipinski definition) is 4. The van der Waals surface area contributed by atoms with Crippen LogP contribution in [-0.2, 0) is 19.3 Å². The molecule has 2 saturated heterocycles. The van der Waals surface area contributed by atoms with E-state index in [0.29, 0.717) is 26.1 Å². The first-order chi connectivity index (χ1) is 17.6. The van der Waals surface area contributed by atoms with Crippen molar-refractivity contribution in [3.63, 3.8) is 0 Å². The van der Waals surface area contributed by atoms with Crippen LogP contribution in [0.3, 0.4) is 0 Å². The third kappa shape index (κ3) is 6.71. The van der Waals surface area contributed by atoms with Crippen LogP contribution in [0.2, 0.25) is 0 Å². The number of carbonyl (C=O) groups is 2. The van der Waals surface area contributed by atoms with Crippen LogP contribution in [-0.4, -0.2) is 35.2 Å². The number of hydrogen-bond donors (Lipinski definition) is 0. The van der Waals surface area contributed by atoms with Crippen molar-refractivity contribution in [2.75, 3.05) is 13.2 Å². The van der Waals surface area contributed by atoms with Crippen molar-refractivity contribution in [3.05, 3.63) is 70.8 Å². The van der Waals surface area contributed by atoms with Gasteiger partial charge in [0.1, 0.15) is 23.3 Å². The Labute approximate surface area is 220 Å². The molecule has 2 aromatic rings. The molecule has 0 aromatic heterocycles. The van der Waals surface area contributed by atoms with E-state index in [1.54, 1.807) is 41.5 Å². The van der Waals surface area contributed by atoms with Gasteiger partial charge in [-0.1, -0.05) is 53.7 Å². The van der Waals surface area contributed by atoms with E-state index in [1.807, 2.05) is 0 Å². The highest BCUT2D eigenvalue weighted by Crippen LogP contribution is 2.36. The van der Waals surface area contributed by atoms with Crippen molar-refractivity contribution in [2.24, 2.45) is 10.8 Å². The number of rotatable bonds is 2. The SMILES string of the molecule is CC(C)(C)C(=O)N1OCC[C@@H]1c1ccc(F)cc1F.CC(C)(C)C(=O)N1OCC[C@H]1c1ccc(F)cc1F. The molecule has 0 aliphatic carbocycles. The summed E-state index contributed by atoms with van der Waals surface area (Å²) in [7, 11) is 0. The van der Waals surface area contributed by atoms with Crippen molar-refractivity contribution in [2.45, 2.75) is 66.5 Å². The number of carbonyl (C=O) groups excluding carboxylic acids is 2. The van der Waals surface area contributed by atoms with Gasteiger partial charge in [-0.25, -0.2) is 27.7 Å². The maximum absolute atomic E-state index is 13.8. The molecule has 0 radical (unpaired) electrons. The molecule has 2 aliphatic rings. The summed E-state index contributed by atoms with van der Waals surface area (Å²) in [5, 5.41) is 2.44. The van der Waals surface area contributed by atoms with E-state index in [-0.39, 0.29) is 22.9 Å². The lowest BCUT2D eigenvalue weighted by atomic mass is 9.94. The summed E-state index contributed by atoms with van der Waals surface area (Å²) >= 11 is 0. The van der Waals surface area contributed by atoms with Crippen molar-refractivity contribution >= 4 is 11.8 Å². The van der Waals surface area contributed by atoms with E-state index in [1.165, 1.54) is 34.4 Å². The van der Waals surface area contributed by atoms with Crippen LogP contribution in [0.1, 0.15) is 77.6 Å². The highest BCUT2D eigenvalue weighted by molar-refractivity contribution is 5.81. The molecule has 38 heavy (non-hydrogen) atoms. The Hall–Kier alpha value is -2.98. The van der Waals surface area contributed by atoms with Crippen LogP contribution in [0.4, 0.5) is 17.6 Å². The molecular weight excluding hydrogens is 504 g/mol. The van der Waals surface area contributed by atoms with Crippen LogP contribution in [0.5, 0.6) is 0 Å². The molecule has 10 heteroatoms. The summed E-state index contributed by atoms with van der Waals surface area (Å²) in [6, 6.07) is 5.79. The maximum atomic E-state index is 13.8. The lowest BCUT2D eigenvalue weighted by Crippen LogP contribution is -2.38. The monoisotopic (exact) mass is 538 g/mol. The smallest absolute Gasteiger partial charge is 0.252 e. The van der Waals surface area contributed by atoms with Gasteiger partial charge in [0.2, 0.25) is 0 Å². The molecule has 0 N–H and O–H groups in total. The molecule has 2 heterocycles. The van der Waals surface area contributed by atoms with Gasteiger partial charge in [0.15, 0.2) is 0 Å². The van der Waals surface area contributed by atoms with Crippen molar-refractivity contribution in [1.82, 2.24) is 10.1 Å². The minimum absolute atomic E-state index is 0.210. The van der Waals surface area contributed by atoms with E-state index in [2.05, 4.69) is 0 Å². The predicted molar refractivity (Wildman–Crippen MR) is 132 cm³/mol. The normalized spacial score (nSPS) is 19.8. The zero-order valence-electron chi connectivity index (χ0n) is 22.5. The van der Waals surface area contributed by atoms with E-state index in [0.717, 1.165) is 12.1 Å². The summed E-state index contributed by atoms with van der Waals surface area (Å²) in [6.07, 6.45) is 1.01. The number of hydroxylamine groups is 4. The second-order valence-corrected chi connectivity index (χ2v) is 11.4. The predicted octanol–water partition coefficient (Wildman–Crippen LogP) is 6.43. The molecule has 208 valence electrons. The maximum Gasteiger partial charge on any atom is 0.252 e. The lowest BCUT2D eigenvalue weighted by Gasteiger charge is -2.29. The van der Waals surface area contributed by atoms with Gasteiger partial charge in [-0.05, 0) is 12.1 Å². The molecule has 4 rings (SSSR count). The van der Waals surface area contributed by atoms with Gasteiger partial charge >= 0.3 is 0 Å². The Bertz CT molecular complexity index is 1080. The minimum Gasteiger partial charge on any atom is -0.272 e. The second kappa shape index (κ2) is 11.4. The van der Waals surface area contributed by atoms with Gasteiger partial charge < -0.3 is 0 Å². The van der Waals surface area contributed by atoms with Gasteiger partial charge in [-0.15, -0.1) is 0 Å². The van der Waals surface area contributed by atoms with Crippen LogP contribution in [0.15, 0.2) is 36.4 Å². The lowest BCUT2D eigenvalue weighted by molar-refractivity contribution is -0.186. The van der Waals surface area contributed by atoms with Gasteiger partial charge in [0.05, 0.1) is 25.3 Å². The molecule has 0 spiro atoms. The topological polar surface area (TPSA) is 59.1 Å². The molecule has 2 fully saturated rings. The summed E-state index contributed by atoms with van der Waals surface area (Å²) in [4.78, 5) is 35.1. The quantitative estimate of drug-likeness (QED) is 0.414. The fraction of sp³-hybridized carbons (Fsp3) is 0.500. The van der Waals surface area contributed by atoms with E-state index >= 15 is 0 Å². The fourth-order valence-corrected chi connectivity index (χ4v) is 4.11. The second-order valence-electron chi connectivity index (χ2n) is 11.4. The highest BCUT2D eigenvalue weighted by Gasteiger charge is 2.39. The average molecular weight is 539 g/mol. The average Bonchev–Trinajstić information content (AvgIpc) is 3.47.